The molecule has 6 unspecified atom stereocenters. The van der Waals surface area contributed by atoms with Crippen molar-refractivity contribution in [1.82, 2.24) is 4.90 Å². The fourth-order valence-corrected chi connectivity index (χ4v) is 11.0. The maximum absolute atomic E-state index is 14.9. The highest BCUT2D eigenvalue weighted by molar-refractivity contribution is 7.99. The van der Waals surface area contributed by atoms with Crippen molar-refractivity contribution in [2.45, 2.75) is 74.2 Å². The minimum atomic E-state index is -1.42. The first-order chi connectivity index (χ1) is 32.7. The van der Waals surface area contributed by atoms with E-state index < -0.39 is 22.7 Å². The largest absolute Gasteiger partial charge is 0.493 e. The van der Waals surface area contributed by atoms with E-state index in [0.29, 0.717) is 47.8 Å². The number of fused-ring (bicyclic) bond motifs is 3. The molecule has 350 valence electrons. The van der Waals surface area contributed by atoms with Gasteiger partial charge in [-0.1, -0.05) is 78.7 Å². The number of carbonyl (C=O) groups excluding carboxylic acids is 1. The first kappa shape index (κ1) is 47.5. The number of ether oxygens (including phenoxy) is 3. The van der Waals surface area contributed by atoms with Gasteiger partial charge < -0.3 is 34.2 Å². The van der Waals surface area contributed by atoms with E-state index in [-0.39, 0.29) is 62.2 Å². The molecule has 0 aromatic heterocycles. The van der Waals surface area contributed by atoms with Crippen LogP contribution in [0.2, 0.25) is 0 Å². The van der Waals surface area contributed by atoms with E-state index in [0.717, 1.165) is 53.3 Å². The summed E-state index contributed by atoms with van der Waals surface area (Å²) in [5.74, 6) is -0.147. The molecule has 0 spiro atoms. The van der Waals surface area contributed by atoms with Crippen molar-refractivity contribution in [3.63, 3.8) is 0 Å². The van der Waals surface area contributed by atoms with Crippen LogP contribution in [0.3, 0.4) is 0 Å². The number of rotatable bonds is 22. The fourth-order valence-electron chi connectivity index (χ4n) is 10.2. The van der Waals surface area contributed by atoms with Gasteiger partial charge in [-0.2, -0.15) is 0 Å². The number of hydrogen-bond donors (Lipinski definition) is 2. The van der Waals surface area contributed by atoms with Gasteiger partial charge in [0.1, 0.15) is 24.1 Å². The summed E-state index contributed by atoms with van der Waals surface area (Å²) < 4.78 is 20.9. The number of unbranched alkanes of at least 4 members (excludes halogenated alkanes) is 2. The zero-order chi connectivity index (χ0) is 46.8. The average molecular weight is 926 g/mol. The maximum atomic E-state index is 14.9. The Labute approximate surface area is 396 Å². The summed E-state index contributed by atoms with van der Waals surface area (Å²) in [5.41, 5.74) is 3.74. The van der Waals surface area contributed by atoms with E-state index in [9.17, 15) is 25.1 Å². The minimum Gasteiger partial charge on any atom is -0.493 e. The van der Waals surface area contributed by atoms with Crippen LogP contribution in [-0.4, -0.2) is 82.7 Å². The zero-order valence-electron chi connectivity index (χ0n) is 37.9. The van der Waals surface area contributed by atoms with E-state index in [1.165, 1.54) is 17.0 Å². The van der Waals surface area contributed by atoms with E-state index >= 15 is 0 Å². The van der Waals surface area contributed by atoms with Crippen molar-refractivity contribution < 1.29 is 39.0 Å². The molecule has 0 bridgehead atoms. The Morgan fingerprint density at radius 2 is 1.69 bits per heavy atom. The van der Waals surface area contributed by atoms with Crippen molar-refractivity contribution >= 4 is 39.8 Å². The lowest BCUT2D eigenvalue weighted by Gasteiger charge is -2.59. The average Bonchev–Trinajstić information content (AvgIpc) is 3.35. The predicted octanol–water partition coefficient (Wildman–Crippen LogP) is 10.5. The number of thioether (sulfide) groups is 1. The zero-order valence-corrected chi connectivity index (χ0v) is 38.7. The molecular weight excluding hydrogens is 867 g/mol. The molecule has 6 atom stereocenters. The van der Waals surface area contributed by atoms with Crippen molar-refractivity contribution in [2.24, 2.45) is 22.9 Å². The second kappa shape index (κ2) is 22.2. The highest BCUT2D eigenvalue weighted by Gasteiger charge is 2.65. The summed E-state index contributed by atoms with van der Waals surface area (Å²) in [6.07, 6.45) is 8.72. The molecule has 5 aromatic carbocycles. The van der Waals surface area contributed by atoms with Crippen LogP contribution < -0.4 is 9.47 Å². The van der Waals surface area contributed by atoms with E-state index in [1.54, 1.807) is 41.9 Å². The van der Waals surface area contributed by atoms with Crippen LogP contribution in [0.4, 0.5) is 5.69 Å². The third-order valence-electron chi connectivity index (χ3n) is 13.3. The van der Waals surface area contributed by atoms with Gasteiger partial charge in [0, 0.05) is 66.5 Å². The smallest absolute Gasteiger partial charge is 0.269 e. The van der Waals surface area contributed by atoms with Crippen molar-refractivity contribution in [1.29, 1.82) is 0 Å². The van der Waals surface area contributed by atoms with Gasteiger partial charge in [0.2, 0.25) is 5.79 Å². The van der Waals surface area contributed by atoms with Gasteiger partial charge in [-0.05, 0) is 114 Å². The van der Waals surface area contributed by atoms with Gasteiger partial charge in [0.25, 0.3) is 11.6 Å². The number of aliphatic hydroxyl groups excluding tert-OH is 2. The molecule has 1 aliphatic heterocycles. The van der Waals surface area contributed by atoms with Crippen LogP contribution in [0.25, 0.3) is 10.8 Å². The van der Waals surface area contributed by atoms with Crippen LogP contribution in [0.15, 0.2) is 150 Å². The maximum Gasteiger partial charge on any atom is 0.269 e. The van der Waals surface area contributed by atoms with Gasteiger partial charge in [0.15, 0.2) is 0 Å². The molecule has 0 radical (unpaired) electrons. The quantitative estimate of drug-likeness (QED) is 0.0225. The number of nitro benzene ring substituents is 1. The van der Waals surface area contributed by atoms with Crippen molar-refractivity contribution in [2.75, 3.05) is 39.2 Å². The molecular formula is C54H59N3O9S. The Morgan fingerprint density at radius 1 is 0.940 bits per heavy atom. The normalized spacial score (nSPS) is 22.2. The summed E-state index contributed by atoms with van der Waals surface area (Å²) in [5, 5.41) is 38.2. The summed E-state index contributed by atoms with van der Waals surface area (Å²) in [6.45, 7) is 4.89. The van der Waals surface area contributed by atoms with E-state index in [2.05, 4.69) is 30.9 Å². The summed E-state index contributed by atoms with van der Waals surface area (Å²) in [6, 6.07) is 35.4. The van der Waals surface area contributed by atoms with Crippen LogP contribution >= 0.6 is 11.8 Å². The lowest BCUT2D eigenvalue weighted by atomic mass is 9.55. The molecule has 1 fully saturated rings. The number of nitro groups is 1. The number of oxime groups is 1. The first-order valence-corrected chi connectivity index (χ1v) is 24.2. The number of non-ortho nitro benzene ring substituents is 1. The molecule has 12 nitrogen and oxygen atoms in total. The fraction of sp³-hybridized carbons (Fsp3) is 0.370. The minimum absolute atomic E-state index is 0.0171. The second-order valence-electron chi connectivity index (χ2n) is 17.5. The van der Waals surface area contributed by atoms with Crippen LogP contribution in [0.5, 0.6) is 11.5 Å². The van der Waals surface area contributed by atoms with Crippen LogP contribution in [0.1, 0.15) is 72.3 Å². The number of aliphatic hydroxyl groups is 2. The summed E-state index contributed by atoms with van der Waals surface area (Å²) in [7, 11) is 1.79. The molecule has 5 aromatic rings. The predicted molar refractivity (Wildman–Crippen MR) is 262 cm³/mol. The molecule has 2 aliphatic carbocycles. The first-order valence-electron chi connectivity index (χ1n) is 23.2. The van der Waals surface area contributed by atoms with Gasteiger partial charge >= 0.3 is 0 Å². The Morgan fingerprint density at radius 3 is 2.43 bits per heavy atom. The number of hydrogen-bond acceptors (Lipinski definition) is 11. The SMILES string of the molecule is C=CCOC12Oc3ccc(OCCSc4ccccc4)cc3C3C(CCCCO)C(CCCCO)C=C(C(=NOCc4ccc([N+](=O)[O-])cc4)CC1N(C)C(=O)c1ccc4ccccc4c1)C32. The molecule has 3 aliphatic rings. The highest BCUT2D eigenvalue weighted by Crippen LogP contribution is 2.62. The van der Waals surface area contributed by atoms with Gasteiger partial charge in [-0.3, -0.25) is 14.9 Å². The van der Waals surface area contributed by atoms with Crippen LogP contribution in [-0.2, 0) is 16.2 Å². The number of likely N-dealkylation sites (N-methyl/N-ethyl adjacent to an activating group) is 1. The van der Waals surface area contributed by atoms with Gasteiger partial charge in [-0.25, -0.2) is 0 Å². The molecule has 0 saturated heterocycles. The number of allylic oxidation sites excluding steroid dienone is 1. The third-order valence-corrected chi connectivity index (χ3v) is 14.3. The van der Waals surface area contributed by atoms with Crippen molar-refractivity contribution in [3.8, 4) is 11.5 Å². The van der Waals surface area contributed by atoms with E-state index in [4.69, 9.17) is 24.2 Å². The second-order valence-corrected chi connectivity index (χ2v) is 18.6. The third kappa shape index (κ3) is 10.6. The highest BCUT2D eigenvalue weighted by atomic mass is 32.2. The summed E-state index contributed by atoms with van der Waals surface area (Å²) in [4.78, 5) is 35.0. The number of carbonyl (C=O) groups is 1. The molecule has 13 heteroatoms. The number of benzene rings is 5. The lowest BCUT2D eigenvalue weighted by molar-refractivity contribution is -0.384. The summed E-state index contributed by atoms with van der Waals surface area (Å²) >= 11 is 1.73. The Balaban J connectivity index is 1.25. The molecule has 1 amide bonds. The molecule has 2 N–H and O–H groups in total. The van der Waals surface area contributed by atoms with E-state index in [1.807, 2.05) is 72.8 Å². The number of nitrogens with zero attached hydrogens (tertiary/aromatic N) is 3. The Bertz CT molecular complexity index is 2570. The van der Waals surface area contributed by atoms with Crippen molar-refractivity contribution in [3.05, 3.63) is 166 Å². The molecule has 1 saturated carbocycles. The van der Waals surface area contributed by atoms with Gasteiger partial charge in [-0.15, -0.1) is 18.3 Å². The monoisotopic (exact) mass is 925 g/mol. The molecule has 67 heavy (non-hydrogen) atoms. The molecule has 1 heterocycles. The standard InChI is InChI=1S/C54H59N3O9S/c1-3-29-64-54-50(56(2)53(60)41-22-21-38-13-7-8-14-39(38)32-41)35-48(55-65-36-37-19-23-42(24-20-37)57(61)62)46-33-40(15-9-11-27-58)45(18-10-12-28-59)51(52(46)54)47-34-43(25-26-49(47)66-54)63-30-31-67-44-16-5-4-6-17-44/h3-8,13-14,16-17,19-26,32-34,40,45,50-52,58-59H,1,9-12,15,18,27-31,35-36H2,2H3. The Hall–Kier alpha value is -5.99. The number of amides is 1. The lowest BCUT2D eigenvalue weighted by Crippen LogP contribution is -2.69. The van der Waals surface area contributed by atoms with Crippen LogP contribution in [0, 0.1) is 27.9 Å². The Kier molecular flexibility index (Phi) is 15.7. The topological polar surface area (TPSA) is 153 Å². The van der Waals surface area contributed by atoms with Gasteiger partial charge in [0.05, 0.1) is 29.8 Å². The molecule has 8 rings (SSSR count).